The lowest BCUT2D eigenvalue weighted by Gasteiger charge is -2.26. The zero-order chi connectivity index (χ0) is 13.8. The molecule has 1 aliphatic carbocycles. The van der Waals surface area contributed by atoms with Gasteiger partial charge in [-0.1, -0.05) is 49.4 Å². The molecule has 1 heteroatoms. The minimum absolute atomic E-state index is 0.657. The number of benzene rings is 2. The Morgan fingerprint density at radius 2 is 1.85 bits per heavy atom. The van der Waals surface area contributed by atoms with Gasteiger partial charge in [0, 0.05) is 18.2 Å². The summed E-state index contributed by atoms with van der Waals surface area (Å²) in [6.07, 6.45) is 4.96. The number of rotatable bonds is 4. The van der Waals surface area contributed by atoms with E-state index >= 15 is 0 Å². The van der Waals surface area contributed by atoms with E-state index in [0.29, 0.717) is 5.92 Å². The van der Waals surface area contributed by atoms with E-state index in [4.69, 9.17) is 0 Å². The molecule has 1 aliphatic rings. The minimum atomic E-state index is 0.657. The Morgan fingerprint density at radius 3 is 2.75 bits per heavy atom. The fourth-order valence-corrected chi connectivity index (χ4v) is 3.30. The second-order valence-electron chi connectivity index (χ2n) is 5.68. The summed E-state index contributed by atoms with van der Waals surface area (Å²) in [7, 11) is 0. The Labute approximate surface area is 122 Å². The molecule has 1 N–H and O–H groups in total. The Bertz CT molecular complexity index is 573. The molecule has 0 fully saturated rings. The summed E-state index contributed by atoms with van der Waals surface area (Å²) in [4.78, 5) is 0. The summed E-state index contributed by atoms with van der Waals surface area (Å²) in [5.41, 5.74) is 5.82. The highest BCUT2D eigenvalue weighted by atomic mass is 14.9. The third-order valence-electron chi connectivity index (χ3n) is 4.43. The molecule has 0 bridgehead atoms. The van der Waals surface area contributed by atoms with E-state index < -0.39 is 0 Å². The lowest BCUT2D eigenvalue weighted by atomic mass is 9.83. The molecular formula is C19H23N. The van der Waals surface area contributed by atoms with Crippen molar-refractivity contribution in [3.8, 4) is 0 Å². The molecule has 0 saturated heterocycles. The van der Waals surface area contributed by atoms with Crippen LogP contribution < -0.4 is 5.32 Å². The van der Waals surface area contributed by atoms with Crippen LogP contribution in [0.1, 0.15) is 42.4 Å². The fraction of sp³-hybridized carbons (Fsp3) is 0.368. The molecule has 0 amide bonds. The molecule has 104 valence electrons. The van der Waals surface area contributed by atoms with E-state index in [2.05, 4.69) is 60.8 Å². The van der Waals surface area contributed by atoms with E-state index in [-0.39, 0.29) is 0 Å². The van der Waals surface area contributed by atoms with E-state index in [1.165, 1.54) is 30.5 Å². The molecule has 0 radical (unpaired) electrons. The molecule has 1 unspecified atom stereocenters. The van der Waals surface area contributed by atoms with Gasteiger partial charge in [0.2, 0.25) is 0 Å². The number of anilines is 1. The average molecular weight is 265 g/mol. The van der Waals surface area contributed by atoms with Gasteiger partial charge < -0.3 is 5.32 Å². The van der Waals surface area contributed by atoms with Crippen LogP contribution in [0.25, 0.3) is 0 Å². The third kappa shape index (κ3) is 2.72. The van der Waals surface area contributed by atoms with Gasteiger partial charge in [-0.3, -0.25) is 0 Å². The minimum Gasteiger partial charge on any atom is -0.384 e. The van der Waals surface area contributed by atoms with Gasteiger partial charge in [-0.05, 0) is 48.4 Å². The maximum absolute atomic E-state index is 3.67. The van der Waals surface area contributed by atoms with Crippen LogP contribution in [0.4, 0.5) is 5.69 Å². The van der Waals surface area contributed by atoms with Gasteiger partial charge >= 0.3 is 0 Å². The van der Waals surface area contributed by atoms with Gasteiger partial charge in [0.05, 0.1) is 0 Å². The van der Waals surface area contributed by atoms with E-state index in [0.717, 1.165) is 13.0 Å². The highest BCUT2D eigenvalue weighted by Gasteiger charge is 2.19. The van der Waals surface area contributed by atoms with Crippen LogP contribution in [0.15, 0.2) is 48.5 Å². The molecule has 1 atom stereocenters. The Balaban J connectivity index is 1.73. The van der Waals surface area contributed by atoms with Crippen molar-refractivity contribution in [2.75, 3.05) is 11.9 Å². The van der Waals surface area contributed by atoms with Gasteiger partial charge in [-0.25, -0.2) is 0 Å². The molecule has 0 spiro atoms. The first kappa shape index (κ1) is 13.2. The Kier molecular flexibility index (Phi) is 4.05. The highest BCUT2D eigenvalue weighted by Crippen LogP contribution is 2.31. The Hall–Kier alpha value is -1.76. The summed E-state index contributed by atoms with van der Waals surface area (Å²) in [6.45, 7) is 3.27. The number of nitrogens with one attached hydrogen (secondary N) is 1. The van der Waals surface area contributed by atoms with E-state index in [9.17, 15) is 0 Å². The normalized spacial score (nSPS) is 17.6. The molecule has 0 aliphatic heterocycles. The topological polar surface area (TPSA) is 12.0 Å². The van der Waals surface area contributed by atoms with Crippen molar-refractivity contribution >= 4 is 5.69 Å². The zero-order valence-electron chi connectivity index (χ0n) is 12.2. The molecule has 1 nitrogen and oxygen atoms in total. The summed E-state index contributed by atoms with van der Waals surface area (Å²) in [6, 6.07) is 17.6. The van der Waals surface area contributed by atoms with Crippen LogP contribution in [0.3, 0.4) is 0 Å². The number of fused-ring (bicyclic) bond motifs is 1. The van der Waals surface area contributed by atoms with Gasteiger partial charge in [-0.2, -0.15) is 0 Å². The van der Waals surface area contributed by atoms with Gasteiger partial charge in [0.1, 0.15) is 0 Å². The summed E-state index contributed by atoms with van der Waals surface area (Å²) in [5.74, 6) is 0.657. The number of hydrogen-bond acceptors (Lipinski definition) is 1. The first-order chi connectivity index (χ1) is 9.88. The number of aryl methyl sites for hydroxylation is 2. The number of hydrogen-bond donors (Lipinski definition) is 1. The molecule has 3 rings (SSSR count). The van der Waals surface area contributed by atoms with Crippen LogP contribution >= 0.6 is 0 Å². The van der Waals surface area contributed by atoms with Gasteiger partial charge in [-0.15, -0.1) is 0 Å². The maximum atomic E-state index is 3.67. The standard InChI is InChI=1S/C19H23N/c1-2-15-8-4-6-13-19(15)20-14-17-11-7-10-16-9-3-5-12-18(16)17/h3-6,8-9,12-13,17,20H,2,7,10-11,14H2,1H3. The highest BCUT2D eigenvalue weighted by molar-refractivity contribution is 5.51. The van der Waals surface area contributed by atoms with Crippen molar-refractivity contribution in [2.24, 2.45) is 0 Å². The third-order valence-corrected chi connectivity index (χ3v) is 4.43. The first-order valence-electron chi connectivity index (χ1n) is 7.78. The van der Waals surface area contributed by atoms with Crippen molar-refractivity contribution in [3.05, 3.63) is 65.2 Å². The quantitative estimate of drug-likeness (QED) is 0.838. The van der Waals surface area contributed by atoms with Crippen molar-refractivity contribution < 1.29 is 0 Å². The zero-order valence-corrected chi connectivity index (χ0v) is 12.2. The first-order valence-corrected chi connectivity index (χ1v) is 7.78. The SMILES string of the molecule is CCc1ccccc1NCC1CCCc2ccccc21. The van der Waals surface area contributed by atoms with Crippen molar-refractivity contribution in [1.29, 1.82) is 0 Å². The van der Waals surface area contributed by atoms with E-state index in [1.807, 2.05) is 0 Å². The van der Waals surface area contributed by atoms with Crippen molar-refractivity contribution in [2.45, 2.75) is 38.5 Å². The predicted molar refractivity (Wildman–Crippen MR) is 86.4 cm³/mol. The summed E-state index contributed by atoms with van der Waals surface area (Å²) >= 11 is 0. The molecule has 0 saturated carbocycles. The smallest absolute Gasteiger partial charge is 0.0372 e. The van der Waals surface area contributed by atoms with Crippen LogP contribution in [0.2, 0.25) is 0 Å². The van der Waals surface area contributed by atoms with Gasteiger partial charge in [0.15, 0.2) is 0 Å². The monoisotopic (exact) mass is 265 g/mol. The Morgan fingerprint density at radius 1 is 1.05 bits per heavy atom. The van der Waals surface area contributed by atoms with Gasteiger partial charge in [0.25, 0.3) is 0 Å². The van der Waals surface area contributed by atoms with E-state index in [1.54, 1.807) is 11.1 Å². The maximum Gasteiger partial charge on any atom is 0.0372 e. The molecule has 0 heterocycles. The fourth-order valence-electron chi connectivity index (χ4n) is 3.30. The summed E-state index contributed by atoms with van der Waals surface area (Å²) in [5, 5.41) is 3.67. The lowest BCUT2D eigenvalue weighted by molar-refractivity contribution is 0.571. The summed E-state index contributed by atoms with van der Waals surface area (Å²) < 4.78 is 0. The largest absolute Gasteiger partial charge is 0.384 e. The molecule has 2 aromatic carbocycles. The van der Waals surface area contributed by atoms with Crippen molar-refractivity contribution in [3.63, 3.8) is 0 Å². The van der Waals surface area contributed by atoms with Crippen molar-refractivity contribution in [1.82, 2.24) is 0 Å². The molecule has 0 aromatic heterocycles. The second kappa shape index (κ2) is 6.13. The molecule has 20 heavy (non-hydrogen) atoms. The molecular weight excluding hydrogens is 242 g/mol. The lowest BCUT2D eigenvalue weighted by Crippen LogP contribution is -2.18. The predicted octanol–water partition coefficient (Wildman–Crippen LogP) is 4.78. The average Bonchev–Trinajstić information content (AvgIpc) is 2.53. The van der Waals surface area contributed by atoms with Crippen LogP contribution in [0.5, 0.6) is 0 Å². The number of para-hydroxylation sites is 1. The van der Waals surface area contributed by atoms with Crippen LogP contribution in [0, 0.1) is 0 Å². The molecule has 2 aromatic rings. The van der Waals surface area contributed by atoms with Crippen LogP contribution in [-0.2, 0) is 12.8 Å². The second-order valence-corrected chi connectivity index (χ2v) is 5.68. The van der Waals surface area contributed by atoms with Crippen LogP contribution in [-0.4, -0.2) is 6.54 Å².